The van der Waals surface area contributed by atoms with Crippen LogP contribution in [0.2, 0.25) is 10.0 Å². The summed E-state index contributed by atoms with van der Waals surface area (Å²) in [6.07, 6.45) is 0.248. The average molecular weight is 435 g/mol. The molecule has 9 heteroatoms. The molecule has 29 heavy (non-hydrogen) atoms. The van der Waals surface area contributed by atoms with Crippen LogP contribution >= 0.6 is 23.2 Å². The fourth-order valence-electron chi connectivity index (χ4n) is 3.48. The van der Waals surface area contributed by atoms with Crippen LogP contribution in [0.3, 0.4) is 0 Å². The summed E-state index contributed by atoms with van der Waals surface area (Å²) in [5.74, 6) is 0.502. The first-order valence-electron chi connectivity index (χ1n) is 9.20. The molecule has 0 bridgehead atoms. The van der Waals surface area contributed by atoms with Gasteiger partial charge in [-0.2, -0.15) is 5.10 Å². The first-order chi connectivity index (χ1) is 14.0. The summed E-state index contributed by atoms with van der Waals surface area (Å²) in [5.41, 5.74) is 2.65. The molecule has 1 saturated heterocycles. The SMILES string of the molecule is OC(O)COc1cc(Cl)cc(N2CCN(c3cnnc4c(Cl)cccc34)CC2)c1. The van der Waals surface area contributed by atoms with Gasteiger partial charge in [-0.05, 0) is 18.2 Å². The molecule has 1 aliphatic rings. The van der Waals surface area contributed by atoms with E-state index >= 15 is 0 Å². The van der Waals surface area contributed by atoms with Crippen LogP contribution in [0.15, 0.2) is 42.6 Å². The van der Waals surface area contributed by atoms with E-state index in [2.05, 4.69) is 20.0 Å². The van der Waals surface area contributed by atoms with Crippen LogP contribution in [0.1, 0.15) is 0 Å². The van der Waals surface area contributed by atoms with Crippen LogP contribution < -0.4 is 14.5 Å². The van der Waals surface area contributed by atoms with Gasteiger partial charge in [-0.1, -0.05) is 35.3 Å². The number of nitrogens with zero attached hydrogens (tertiary/aromatic N) is 4. The number of aliphatic hydroxyl groups is 2. The number of aliphatic hydroxyl groups excluding tert-OH is 1. The number of fused-ring (bicyclic) bond motifs is 1. The largest absolute Gasteiger partial charge is 0.488 e. The summed E-state index contributed by atoms with van der Waals surface area (Å²) in [4.78, 5) is 4.49. The maximum absolute atomic E-state index is 8.99. The third kappa shape index (κ3) is 4.48. The van der Waals surface area contributed by atoms with Crippen molar-refractivity contribution in [3.05, 3.63) is 52.6 Å². The zero-order valence-corrected chi connectivity index (χ0v) is 17.0. The third-order valence-electron chi connectivity index (χ3n) is 4.84. The Bertz CT molecular complexity index is 1010. The quantitative estimate of drug-likeness (QED) is 0.597. The number of halogens is 2. The molecule has 1 aliphatic heterocycles. The van der Waals surface area contributed by atoms with E-state index in [4.69, 9.17) is 38.2 Å². The average Bonchev–Trinajstić information content (AvgIpc) is 2.72. The second kappa shape index (κ2) is 8.59. The van der Waals surface area contributed by atoms with Crippen LogP contribution in [-0.2, 0) is 0 Å². The smallest absolute Gasteiger partial charge is 0.186 e. The van der Waals surface area contributed by atoms with Crippen LogP contribution in [0.25, 0.3) is 10.9 Å². The van der Waals surface area contributed by atoms with E-state index < -0.39 is 6.29 Å². The van der Waals surface area contributed by atoms with Crippen LogP contribution in [0, 0.1) is 0 Å². The van der Waals surface area contributed by atoms with Gasteiger partial charge in [0.15, 0.2) is 6.29 Å². The fourth-order valence-corrected chi connectivity index (χ4v) is 3.91. The van der Waals surface area contributed by atoms with Crippen molar-refractivity contribution in [3.8, 4) is 5.75 Å². The minimum Gasteiger partial charge on any atom is -0.488 e. The van der Waals surface area contributed by atoms with Crippen molar-refractivity contribution < 1.29 is 14.9 Å². The molecule has 2 heterocycles. The number of hydrogen-bond acceptors (Lipinski definition) is 7. The molecule has 0 spiro atoms. The van der Waals surface area contributed by atoms with Gasteiger partial charge in [0.1, 0.15) is 17.9 Å². The van der Waals surface area contributed by atoms with Gasteiger partial charge in [0.05, 0.1) is 16.9 Å². The maximum Gasteiger partial charge on any atom is 0.186 e. The zero-order chi connectivity index (χ0) is 20.4. The molecule has 3 aromatic rings. The van der Waals surface area contributed by atoms with Crippen LogP contribution in [0.4, 0.5) is 11.4 Å². The van der Waals surface area contributed by atoms with Gasteiger partial charge in [-0.3, -0.25) is 0 Å². The summed E-state index contributed by atoms with van der Waals surface area (Å²) in [6, 6.07) is 11.1. The molecule has 0 aliphatic carbocycles. The van der Waals surface area contributed by atoms with Gasteiger partial charge >= 0.3 is 0 Å². The molecule has 0 unspecified atom stereocenters. The first-order valence-corrected chi connectivity index (χ1v) is 9.96. The highest BCUT2D eigenvalue weighted by Crippen LogP contribution is 2.31. The zero-order valence-electron chi connectivity index (χ0n) is 15.5. The van der Waals surface area contributed by atoms with Crippen molar-refractivity contribution in [1.29, 1.82) is 0 Å². The Balaban J connectivity index is 1.50. The monoisotopic (exact) mass is 434 g/mol. The summed E-state index contributed by atoms with van der Waals surface area (Å²) < 4.78 is 5.38. The van der Waals surface area contributed by atoms with Crippen LogP contribution in [0.5, 0.6) is 5.75 Å². The van der Waals surface area contributed by atoms with Crippen molar-refractivity contribution in [2.45, 2.75) is 6.29 Å². The van der Waals surface area contributed by atoms with Crippen molar-refractivity contribution in [1.82, 2.24) is 10.2 Å². The van der Waals surface area contributed by atoms with E-state index in [9.17, 15) is 0 Å². The Labute approximate surface area is 178 Å². The topological polar surface area (TPSA) is 82.0 Å². The standard InChI is InChI=1S/C20H20Cl2N4O3/c21-13-8-14(10-15(9-13)29-12-19(27)28)25-4-6-26(7-5-25)18-11-23-24-20-16(18)2-1-3-17(20)22/h1-3,8-11,19,27-28H,4-7,12H2. The van der Waals surface area contributed by atoms with E-state index in [0.717, 1.165) is 42.9 Å². The second-order valence-corrected chi connectivity index (χ2v) is 7.62. The van der Waals surface area contributed by atoms with E-state index in [-0.39, 0.29) is 6.61 Å². The normalized spacial score (nSPS) is 14.7. The van der Waals surface area contributed by atoms with Gasteiger partial charge in [-0.15, -0.1) is 5.10 Å². The molecule has 4 rings (SSSR count). The molecule has 2 aromatic carbocycles. The molecule has 2 N–H and O–H groups in total. The molecule has 152 valence electrons. The molecular formula is C20H20Cl2N4O3. The fraction of sp³-hybridized carbons (Fsp3) is 0.300. The highest BCUT2D eigenvalue weighted by atomic mass is 35.5. The van der Waals surface area contributed by atoms with E-state index in [1.165, 1.54) is 0 Å². The van der Waals surface area contributed by atoms with E-state index in [1.807, 2.05) is 30.3 Å². The lowest BCUT2D eigenvalue weighted by Gasteiger charge is -2.37. The van der Waals surface area contributed by atoms with E-state index in [0.29, 0.717) is 21.3 Å². The molecule has 0 saturated carbocycles. The summed E-state index contributed by atoms with van der Waals surface area (Å²) >= 11 is 12.5. The second-order valence-electron chi connectivity index (χ2n) is 6.78. The number of ether oxygens (including phenoxy) is 1. The Morgan fingerprint density at radius 1 is 1.03 bits per heavy atom. The molecule has 0 amide bonds. The Morgan fingerprint density at radius 3 is 2.55 bits per heavy atom. The van der Waals surface area contributed by atoms with Crippen molar-refractivity contribution >= 4 is 45.5 Å². The Morgan fingerprint density at radius 2 is 1.79 bits per heavy atom. The van der Waals surface area contributed by atoms with Gasteiger partial charge in [0.25, 0.3) is 0 Å². The summed E-state index contributed by atoms with van der Waals surface area (Å²) in [6.45, 7) is 2.95. The third-order valence-corrected chi connectivity index (χ3v) is 5.36. The van der Waals surface area contributed by atoms with Gasteiger partial charge in [-0.25, -0.2) is 0 Å². The Kier molecular flexibility index (Phi) is 5.91. The van der Waals surface area contributed by atoms with Gasteiger partial charge < -0.3 is 24.7 Å². The number of anilines is 2. The lowest BCUT2D eigenvalue weighted by atomic mass is 10.1. The van der Waals surface area contributed by atoms with Crippen LogP contribution in [-0.4, -0.2) is 59.5 Å². The van der Waals surface area contributed by atoms with Gasteiger partial charge in [0.2, 0.25) is 0 Å². The number of benzene rings is 2. The number of hydrogen-bond donors (Lipinski definition) is 2. The minimum absolute atomic E-state index is 0.210. The molecule has 0 atom stereocenters. The highest BCUT2D eigenvalue weighted by molar-refractivity contribution is 6.35. The van der Waals surface area contributed by atoms with Crippen molar-refractivity contribution in [2.75, 3.05) is 42.6 Å². The number of piperazine rings is 1. The highest BCUT2D eigenvalue weighted by Gasteiger charge is 2.21. The van der Waals surface area contributed by atoms with Gasteiger partial charge in [0, 0.05) is 48.3 Å². The Hall–Kier alpha value is -2.32. The first kappa shape index (κ1) is 20.0. The molecule has 0 radical (unpaired) electrons. The molecule has 7 nitrogen and oxygen atoms in total. The predicted octanol–water partition coefficient (Wildman–Crippen LogP) is 2.95. The number of aromatic nitrogens is 2. The molecule has 1 aromatic heterocycles. The summed E-state index contributed by atoms with van der Waals surface area (Å²) in [5, 5.41) is 28.4. The summed E-state index contributed by atoms with van der Waals surface area (Å²) in [7, 11) is 0. The molecule has 1 fully saturated rings. The predicted molar refractivity (Wildman–Crippen MR) is 114 cm³/mol. The lowest BCUT2D eigenvalue weighted by molar-refractivity contribution is -0.0680. The number of rotatable bonds is 5. The molecular weight excluding hydrogens is 415 g/mol. The van der Waals surface area contributed by atoms with Crippen molar-refractivity contribution in [2.24, 2.45) is 0 Å². The van der Waals surface area contributed by atoms with E-state index in [1.54, 1.807) is 12.3 Å². The van der Waals surface area contributed by atoms with Crippen molar-refractivity contribution in [3.63, 3.8) is 0 Å². The lowest BCUT2D eigenvalue weighted by Crippen LogP contribution is -2.46. The maximum atomic E-state index is 8.99. The minimum atomic E-state index is -1.53.